The van der Waals surface area contributed by atoms with E-state index in [2.05, 4.69) is 32.8 Å². The molecule has 2 aromatic carbocycles. The van der Waals surface area contributed by atoms with Crippen molar-refractivity contribution in [2.45, 2.75) is 18.8 Å². The van der Waals surface area contributed by atoms with E-state index < -0.39 is 10.0 Å². The Hall–Kier alpha value is -2.65. The Morgan fingerprint density at radius 2 is 1.97 bits per heavy atom. The number of amides is 1. The van der Waals surface area contributed by atoms with Crippen molar-refractivity contribution in [1.29, 1.82) is 0 Å². The van der Waals surface area contributed by atoms with E-state index in [0.29, 0.717) is 16.9 Å². The lowest BCUT2D eigenvalue weighted by atomic mass is 9.98. The van der Waals surface area contributed by atoms with E-state index in [0.717, 1.165) is 29.1 Å². The number of likely N-dealkylation sites (N-methyl/N-ethyl adjacent to an activating group) is 1. The van der Waals surface area contributed by atoms with Gasteiger partial charge in [-0.15, -0.1) is 6.58 Å². The van der Waals surface area contributed by atoms with Gasteiger partial charge in [0.2, 0.25) is 10.0 Å². The number of sulfonamides is 1. The highest BCUT2D eigenvalue weighted by Crippen LogP contribution is 2.46. The molecule has 164 valence electrons. The molecule has 0 saturated heterocycles. The molecule has 1 aliphatic carbocycles. The first kappa shape index (κ1) is 23.0. The molecule has 0 aromatic heterocycles. The standard InChI is InChI=1S/C22H25BrN4O3S/c1-4-11-27(31(3,29)30)20-13-19(24)18(12-17(20)14-5-6-14)21(22(28)25-2)26-16-9-7-15(23)8-10-16/h4,7-10,12-14H,1,5-6,11,24H2,2-3H3,(H,25,28). The Kier molecular flexibility index (Phi) is 6.86. The summed E-state index contributed by atoms with van der Waals surface area (Å²) in [5, 5.41) is 2.61. The van der Waals surface area contributed by atoms with Crippen LogP contribution in [0.15, 0.2) is 58.5 Å². The molecule has 2 aromatic rings. The quantitative estimate of drug-likeness (QED) is 0.324. The Morgan fingerprint density at radius 1 is 1.32 bits per heavy atom. The summed E-state index contributed by atoms with van der Waals surface area (Å²) >= 11 is 3.38. The minimum absolute atomic E-state index is 0.132. The van der Waals surface area contributed by atoms with E-state index in [1.165, 1.54) is 17.4 Å². The van der Waals surface area contributed by atoms with Gasteiger partial charge in [0.05, 0.1) is 24.2 Å². The van der Waals surface area contributed by atoms with Gasteiger partial charge in [-0.1, -0.05) is 22.0 Å². The second-order valence-corrected chi connectivity index (χ2v) is 10.2. The number of nitrogens with zero attached hydrogens (tertiary/aromatic N) is 2. The Bertz CT molecular complexity index is 1140. The van der Waals surface area contributed by atoms with Crippen LogP contribution in [0.25, 0.3) is 0 Å². The lowest BCUT2D eigenvalue weighted by molar-refractivity contribution is -0.114. The van der Waals surface area contributed by atoms with Gasteiger partial charge in [-0.2, -0.15) is 0 Å². The van der Waals surface area contributed by atoms with Crippen LogP contribution in [0.1, 0.15) is 29.9 Å². The lowest BCUT2D eigenvalue weighted by Gasteiger charge is -2.25. The van der Waals surface area contributed by atoms with Crippen LogP contribution in [0.4, 0.5) is 17.1 Å². The molecule has 1 amide bonds. The van der Waals surface area contributed by atoms with E-state index in [1.807, 2.05) is 12.1 Å². The number of halogens is 1. The molecule has 7 nitrogen and oxygen atoms in total. The van der Waals surface area contributed by atoms with Crippen molar-refractivity contribution in [2.24, 2.45) is 4.99 Å². The number of nitrogens with one attached hydrogen (secondary N) is 1. The molecule has 1 aliphatic rings. The number of nitrogens with two attached hydrogens (primary N) is 1. The number of aliphatic imine (C=N–C) groups is 1. The van der Waals surface area contributed by atoms with Crippen LogP contribution in [0.2, 0.25) is 0 Å². The number of nitrogen functional groups attached to an aromatic ring is 1. The van der Waals surface area contributed by atoms with E-state index in [1.54, 1.807) is 24.3 Å². The number of anilines is 2. The molecule has 3 N–H and O–H groups in total. The molecule has 1 saturated carbocycles. The lowest BCUT2D eigenvalue weighted by Crippen LogP contribution is -2.32. The number of hydrogen-bond acceptors (Lipinski definition) is 5. The molecule has 1 fully saturated rings. The third-order valence-corrected chi connectivity index (χ3v) is 6.62. The van der Waals surface area contributed by atoms with Gasteiger partial charge in [-0.3, -0.25) is 9.10 Å². The number of carbonyl (C=O) groups excluding carboxylic acids is 1. The third kappa shape index (κ3) is 5.34. The first-order valence-electron chi connectivity index (χ1n) is 9.74. The van der Waals surface area contributed by atoms with Gasteiger partial charge < -0.3 is 11.1 Å². The molecular formula is C22H25BrN4O3S. The maximum atomic E-state index is 12.7. The zero-order chi connectivity index (χ0) is 22.8. The first-order chi connectivity index (χ1) is 14.7. The van der Waals surface area contributed by atoms with E-state index >= 15 is 0 Å². The predicted molar refractivity (Wildman–Crippen MR) is 130 cm³/mol. The SMILES string of the molecule is C=CCN(c1cc(N)c(C(=Nc2ccc(Br)cc2)C(=O)NC)cc1C1CC1)S(C)(=O)=O. The molecule has 0 aliphatic heterocycles. The Morgan fingerprint density at radius 3 is 2.48 bits per heavy atom. The van der Waals surface area contributed by atoms with Crippen LogP contribution in [0, 0.1) is 0 Å². The zero-order valence-corrected chi connectivity index (χ0v) is 19.8. The maximum Gasteiger partial charge on any atom is 0.270 e. The largest absolute Gasteiger partial charge is 0.398 e. The average Bonchev–Trinajstić information content (AvgIpc) is 3.55. The van der Waals surface area contributed by atoms with Gasteiger partial charge in [0.25, 0.3) is 5.91 Å². The minimum atomic E-state index is -3.54. The summed E-state index contributed by atoms with van der Waals surface area (Å²) in [5.74, 6) is -0.169. The summed E-state index contributed by atoms with van der Waals surface area (Å²) in [6, 6.07) is 10.7. The Labute approximate surface area is 191 Å². The van der Waals surface area contributed by atoms with Crippen molar-refractivity contribution in [2.75, 3.05) is 29.9 Å². The van der Waals surface area contributed by atoms with Gasteiger partial charge in [0, 0.05) is 22.8 Å². The van der Waals surface area contributed by atoms with Gasteiger partial charge in [-0.25, -0.2) is 13.4 Å². The summed E-state index contributed by atoms with van der Waals surface area (Å²) in [5.41, 5.74) is 9.22. The van der Waals surface area contributed by atoms with Gasteiger partial charge in [0.1, 0.15) is 5.71 Å². The zero-order valence-electron chi connectivity index (χ0n) is 17.4. The molecule has 31 heavy (non-hydrogen) atoms. The number of benzene rings is 2. The summed E-state index contributed by atoms with van der Waals surface area (Å²) < 4.78 is 27.0. The smallest absolute Gasteiger partial charge is 0.270 e. The molecule has 0 heterocycles. The third-order valence-electron chi connectivity index (χ3n) is 4.94. The topological polar surface area (TPSA) is 105 Å². The normalized spacial score (nSPS) is 14.2. The van der Waals surface area contributed by atoms with Crippen LogP contribution < -0.4 is 15.4 Å². The molecule has 0 radical (unpaired) electrons. The second kappa shape index (κ2) is 9.23. The first-order valence-corrected chi connectivity index (χ1v) is 12.4. The molecule has 0 spiro atoms. The number of carbonyl (C=O) groups is 1. The Balaban J connectivity index is 2.19. The maximum absolute atomic E-state index is 12.7. The van der Waals surface area contributed by atoms with Gasteiger partial charge >= 0.3 is 0 Å². The molecule has 3 rings (SSSR count). The predicted octanol–water partition coefficient (Wildman–Crippen LogP) is 3.73. The fourth-order valence-corrected chi connectivity index (χ4v) is 4.45. The second-order valence-electron chi connectivity index (χ2n) is 7.37. The fourth-order valence-electron chi connectivity index (χ4n) is 3.29. The fraction of sp³-hybridized carbons (Fsp3) is 0.273. The number of hydrogen-bond donors (Lipinski definition) is 2. The molecule has 0 atom stereocenters. The van der Waals surface area contributed by atoms with Crippen molar-refractivity contribution in [3.63, 3.8) is 0 Å². The van der Waals surface area contributed by atoms with Crippen molar-refractivity contribution < 1.29 is 13.2 Å². The van der Waals surface area contributed by atoms with Crippen molar-refractivity contribution in [3.8, 4) is 0 Å². The molecule has 0 unspecified atom stereocenters. The minimum Gasteiger partial charge on any atom is -0.398 e. The van der Waals surface area contributed by atoms with Crippen LogP contribution >= 0.6 is 15.9 Å². The van der Waals surface area contributed by atoms with Crippen molar-refractivity contribution in [3.05, 3.63) is 64.7 Å². The van der Waals surface area contributed by atoms with E-state index in [9.17, 15) is 13.2 Å². The monoisotopic (exact) mass is 504 g/mol. The highest BCUT2D eigenvalue weighted by molar-refractivity contribution is 9.10. The van der Waals surface area contributed by atoms with Crippen LogP contribution in [0.3, 0.4) is 0 Å². The van der Waals surface area contributed by atoms with Gasteiger partial charge in [0.15, 0.2) is 0 Å². The average molecular weight is 505 g/mol. The van der Waals surface area contributed by atoms with Crippen molar-refractivity contribution >= 4 is 54.6 Å². The highest BCUT2D eigenvalue weighted by atomic mass is 79.9. The summed E-state index contributed by atoms with van der Waals surface area (Å²) in [6.07, 6.45) is 4.58. The molecule has 0 bridgehead atoms. The van der Waals surface area contributed by atoms with Crippen LogP contribution in [-0.4, -0.2) is 39.9 Å². The van der Waals surface area contributed by atoms with E-state index in [4.69, 9.17) is 5.73 Å². The van der Waals surface area contributed by atoms with Crippen LogP contribution in [-0.2, 0) is 14.8 Å². The summed E-state index contributed by atoms with van der Waals surface area (Å²) in [4.78, 5) is 17.2. The summed E-state index contributed by atoms with van der Waals surface area (Å²) in [6.45, 7) is 3.80. The van der Waals surface area contributed by atoms with E-state index in [-0.39, 0.29) is 29.8 Å². The number of rotatable bonds is 8. The molecule has 9 heteroatoms. The van der Waals surface area contributed by atoms with Crippen LogP contribution in [0.5, 0.6) is 0 Å². The molecular weight excluding hydrogens is 480 g/mol. The van der Waals surface area contributed by atoms with Gasteiger partial charge in [-0.05, 0) is 60.7 Å². The summed E-state index contributed by atoms with van der Waals surface area (Å²) in [7, 11) is -2.01. The van der Waals surface area contributed by atoms with Crippen molar-refractivity contribution in [1.82, 2.24) is 5.32 Å². The highest BCUT2D eigenvalue weighted by Gasteiger charge is 2.32.